The van der Waals surface area contributed by atoms with Gasteiger partial charge in [0.1, 0.15) is 6.04 Å². The highest BCUT2D eigenvalue weighted by atomic mass is 32.2. The highest BCUT2D eigenvalue weighted by Gasteiger charge is 2.35. The van der Waals surface area contributed by atoms with Crippen molar-refractivity contribution in [1.29, 1.82) is 0 Å². The van der Waals surface area contributed by atoms with Gasteiger partial charge in [-0.2, -0.15) is 0 Å². The van der Waals surface area contributed by atoms with Crippen molar-refractivity contribution in [3.8, 4) is 0 Å². The van der Waals surface area contributed by atoms with Crippen LogP contribution in [-0.2, 0) is 4.79 Å². The van der Waals surface area contributed by atoms with Gasteiger partial charge in [0.2, 0.25) is 5.91 Å². The van der Waals surface area contributed by atoms with Crippen LogP contribution < -0.4 is 5.32 Å². The van der Waals surface area contributed by atoms with Crippen LogP contribution in [0.15, 0.2) is 30.5 Å². The maximum Gasteiger partial charge on any atom is 0.257 e. The summed E-state index contributed by atoms with van der Waals surface area (Å²) in [5, 5.41) is 3.70. The molecule has 5 nitrogen and oxygen atoms in total. The third-order valence-corrected chi connectivity index (χ3v) is 4.63. The maximum absolute atomic E-state index is 12.8. The van der Waals surface area contributed by atoms with Gasteiger partial charge in [-0.05, 0) is 13.0 Å². The highest BCUT2D eigenvalue weighted by Crippen LogP contribution is 2.26. The number of rotatable bonds is 3. The molecule has 1 aliphatic heterocycles. The van der Waals surface area contributed by atoms with E-state index in [2.05, 4.69) is 10.3 Å². The number of amides is 2. The molecule has 0 bridgehead atoms. The fourth-order valence-corrected chi connectivity index (χ4v) is 3.71. The summed E-state index contributed by atoms with van der Waals surface area (Å²) in [5.74, 6) is 1.05. The second kappa shape index (κ2) is 5.81. The third kappa shape index (κ3) is 2.51. The topological polar surface area (TPSA) is 65.2 Å². The summed E-state index contributed by atoms with van der Waals surface area (Å²) in [7, 11) is 0. The number of fused-ring (bicyclic) bond motifs is 1. The molecule has 6 heteroatoms. The molecule has 1 unspecified atom stereocenters. The van der Waals surface area contributed by atoms with Crippen molar-refractivity contribution in [2.75, 3.05) is 18.2 Å². The molecule has 0 saturated carbocycles. The molecule has 3 rings (SSSR count). The number of hydrogen-bond acceptors (Lipinski definition) is 3. The molecule has 2 amide bonds. The Bertz CT molecular complexity index is 682. The van der Waals surface area contributed by atoms with Crippen LogP contribution in [0.4, 0.5) is 0 Å². The van der Waals surface area contributed by atoms with Crippen molar-refractivity contribution in [3.63, 3.8) is 0 Å². The summed E-state index contributed by atoms with van der Waals surface area (Å²) in [5.41, 5.74) is 1.56. The van der Waals surface area contributed by atoms with Gasteiger partial charge in [0.15, 0.2) is 0 Å². The molecular weight excluding hydrogens is 286 g/mol. The molecule has 1 atom stereocenters. The number of carbonyl (C=O) groups is 2. The molecular formula is C15H17N3O2S. The Morgan fingerprint density at radius 2 is 2.24 bits per heavy atom. The smallest absolute Gasteiger partial charge is 0.257 e. The Balaban J connectivity index is 1.89. The van der Waals surface area contributed by atoms with E-state index in [1.807, 2.05) is 31.2 Å². The zero-order valence-corrected chi connectivity index (χ0v) is 12.6. The number of nitrogens with zero attached hydrogens (tertiary/aromatic N) is 1. The first-order chi connectivity index (χ1) is 10.2. The summed E-state index contributed by atoms with van der Waals surface area (Å²) in [6.45, 7) is 2.46. The van der Waals surface area contributed by atoms with E-state index in [9.17, 15) is 9.59 Å². The van der Waals surface area contributed by atoms with Crippen LogP contribution in [0.25, 0.3) is 10.9 Å². The molecule has 21 heavy (non-hydrogen) atoms. The number of carbonyl (C=O) groups excluding carboxylic acids is 2. The molecule has 1 saturated heterocycles. The Morgan fingerprint density at radius 3 is 3.05 bits per heavy atom. The van der Waals surface area contributed by atoms with Gasteiger partial charge in [0.05, 0.1) is 11.4 Å². The zero-order chi connectivity index (χ0) is 14.8. The van der Waals surface area contributed by atoms with E-state index in [0.29, 0.717) is 23.7 Å². The van der Waals surface area contributed by atoms with Crippen LogP contribution in [-0.4, -0.2) is 45.9 Å². The fourth-order valence-electron chi connectivity index (χ4n) is 2.56. The van der Waals surface area contributed by atoms with E-state index < -0.39 is 0 Å². The minimum atomic E-state index is -0.379. The van der Waals surface area contributed by atoms with E-state index in [1.165, 1.54) is 0 Å². The van der Waals surface area contributed by atoms with E-state index >= 15 is 0 Å². The molecule has 2 aromatic rings. The molecule has 1 fully saturated rings. The number of aromatic nitrogens is 1. The van der Waals surface area contributed by atoms with Gasteiger partial charge in [-0.1, -0.05) is 18.2 Å². The number of para-hydroxylation sites is 1. The molecule has 110 valence electrons. The predicted octanol–water partition coefficient (Wildman–Crippen LogP) is 1.82. The number of likely N-dealkylation sites (N-methyl/N-ethyl adjacent to an activating group) is 1. The minimum Gasteiger partial charge on any atom is -0.360 e. The number of H-pyrrole nitrogens is 1. The van der Waals surface area contributed by atoms with E-state index in [1.54, 1.807) is 22.9 Å². The second-order valence-electron chi connectivity index (χ2n) is 4.93. The molecule has 0 spiro atoms. The van der Waals surface area contributed by atoms with Crippen molar-refractivity contribution >= 4 is 34.5 Å². The van der Waals surface area contributed by atoms with Gasteiger partial charge in [-0.3, -0.25) is 9.59 Å². The van der Waals surface area contributed by atoms with Gasteiger partial charge in [0.25, 0.3) is 5.91 Å². The quantitative estimate of drug-likeness (QED) is 0.909. The standard InChI is InChI=1S/C15H17N3O2S/c1-2-16-14(19)13-8-21-9-18(13)15(20)11-7-17-12-6-4-3-5-10(11)12/h3-7,13,17H,2,8-9H2,1H3,(H,16,19). The van der Waals surface area contributed by atoms with E-state index in [4.69, 9.17) is 0 Å². The van der Waals surface area contributed by atoms with Crippen molar-refractivity contribution in [2.24, 2.45) is 0 Å². The summed E-state index contributed by atoms with van der Waals surface area (Å²) in [6.07, 6.45) is 1.73. The minimum absolute atomic E-state index is 0.0734. The predicted molar refractivity (Wildman–Crippen MR) is 84.3 cm³/mol. The zero-order valence-electron chi connectivity index (χ0n) is 11.8. The lowest BCUT2D eigenvalue weighted by atomic mass is 10.1. The summed E-state index contributed by atoms with van der Waals surface area (Å²) in [6, 6.07) is 7.31. The van der Waals surface area contributed by atoms with Crippen LogP contribution in [0.5, 0.6) is 0 Å². The SMILES string of the molecule is CCNC(=O)C1CSCN1C(=O)c1c[nH]c2ccccc12. The van der Waals surface area contributed by atoms with Crippen molar-refractivity contribution in [1.82, 2.24) is 15.2 Å². The van der Waals surface area contributed by atoms with Crippen LogP contribution in [0.2, 0.25) is 0 Å². The summed E-state index contributed by atoms with van der Waals surface area (Å²) >= 11 is 1.61. The van der Waals surface area contributed by atoms with Crippen LogP contribution in [0.1, 0.15) is 17.3 Å². The highest BCUT2D eigenvalue weighted by molar-refractivity contribution is 7.99. The first-order valence-corrected chi connectivity index (χ1v) is 8.10. The van der Waals surface area contributed by atoms with Crippen molar-refractivity contribution in [2.45, 2.75) is 13.0 Å². The Labute approximate surface area is 127 Å². The molecule has 0 aliphatic carbocycles. The molecule has 0 radical (unpaired) electrons. The summed E-state index contributed by atoms with van der Waals surface area (Å²) < 4.78 is 0. The van der Waals surface area contributed by atoms with E-state index in [0.717, 1.165) is 10.9 Å². The van der Waals surface area contributed by atoms with Crippen LogP contribution >= 0.6 is 11.8 Å². The molecule has 2 N–H and O–H groups in total. The largest absolute Gasteiger partial charge is 0.360 e. The first-order valence-electron chi connectivity index (χ1n) is 6.95. The molecule has 2 heterocycles. The van der Waals surface area contributed by atoms with Crippen LogP contribution in [0, 0.1) is 0 Å². The third-order valence-electron chi connectivity index (χ3n) is 3.62. The average molecular weight is 303 g/mol. The number of thioether (sulfide) groups is 1. The number of hydrogen-bond donors (Lipinski definition) is 2. The monoisotopic (exact) mass is 303 g/mol. The average Bonchev–Trinajstić information content (AvgIpc) is 3.14. The number of aromatic amines is 1. The van der Waals surface area contributed by atoms with Gasteiger partial charge in [0, 0.05) is 29.4 Å². The summed E-state index contributed by atoms with van der Waals surface area (Å²) in [4.78, 5) is 29.6. The fraction of sp³-hybridized carbons (Fsp3) is 0.333. The van der Waals surface area contributed by atoms with Crippen LogP contribution in [0.3, 0.4) is 0 Å². The lowest BCUT2D eigenvalue weighted by Crippen LogP contribution is -2.47. The van der Waals surface area contributed by atoms with E-state index in [-0.39, 0.29) is 17.9 Å². The Kier molecular flexibility index (Phi) is 3.88. The second-order valence-corrected chi connectivity index (χ2v) is 5.93. The van der Waals surface area contributed by atoms with Gasteiger partial charge < -0.3 is 15.2 Å². The lowest BCUT2D eigenvalue weighted by molar-refractivity contribution is -0.124. The Hall–Kier alpha value is -1.95. The first kappa shape index (κ1) is 14.0. The normalized spacial score (nSPS) is 18.1. The molecule has 1 aromatic carbocycles. The van der Waals surface area contributed by atoms with Crippen molar-refractivity contribution in [3.05, 3.63) is 36.0 Å². The Morgan fingerprint density at radius 1 is 1.43 bits per heavy atom. The molecule has 1 aliphatic rings. The molecule has 1 aromatic heterocycles. The maximum atomic E-state index is 12.8. The van der Waals surface area contributed by atoms with Gasteiger partial charge in [-0.25, -0.2) is 0 Å². The van der Waals surface area contributed by atoms with Crippen molar-refractivity contribution < 1.29 is 9.59 Å². The van der Waals surface area contributed by atoms with Gasteiger partial charge in [-0.15, -0.1) is 11.8 Å². The lowest BCUT2D eigenvalue weighted by Gasteiger charge is -2.22. The number of benzene rings is 1. The van der Waals surface area contributed by atoms with Gasteiger partial charge >= 0.3 is 0 Å². The number of nitrogens with one attached hydrogen (secondary N) is 2.